The Morgan fingerprint density at radius 1 is 1.33 bits per heavy atom. The third-order valence-electron chi connectivity index (χ3n) is 3.36. The molecule has 1 aromatic rings. The summed E-state index contributed by atoms with van der Waals surface area (Å²) in [6.45, 7) is 3.12. The number of hydrogen-bond donors (Lipinski definition) is 2. The highest BCUT2D eigenvalue weighted by Gasteiger charge is 2.14. The highest BCUT2D eigenvalue weighted by atomic mass is 32.1. The first-order chi connectivity index (χ1) is 10.2. The third kappa shape index (κ3) is 4.69. The maximum atomic E-state index is 10.6. The fourth-order valence-electron chi connectivity index (χ4n) is 2.13. The van der Waals surface area contributed by atoms with Gasteiger partial charge in [0.2, 0.25) is 0 Å². The van der Waals surface area contributed by atoms with Crippen LogP contribution in [0.25, 0.3) is 6.08 Å². The summed E-state index contributed by atoms with van der Waals surface area (Å²) in [6.07, 6.45) is 11.2. The second-order valence-electron chi connectivity index (χ2n) is 5.05. The summed E-state index contributed by atoms with van der Waals surface area (Å²) in [5, 5.41) is 13.5. The Kier molecular flexibility index (Phi) is 5.96. The van der Waals surface area contributed by atoms with Crippen LogP contribution >= 0.6 is 11.3 Å². The summed E-state index contributed by atoms with van der Waals surface area (Å²) >= 11 is 1.45. The van der Waals surface area contributed by atoms with E-state index in [1.807, 2.05) is 30.4 Å². The molecule has 112 valence electrons. The molecule has 0 fully saturated rings. The molecule has 0 amide bonds. The number of hydrogen-bond acceptors (Lipinski definition) is 4. The fourth-order valence-corrected chi connectivity index (χ4v) is 2.85. The van der Waals surface area contributed by atoms with Crippen molar-refractivity contribution in [2.45, 2.75) is 32.3 Å². The maximum Gasteiger partial charge on any atom is 0.160 e. The molecule has 2 rings (SSSR count). The highest BCUT2D eigenvalue weighted by molar-refractivity contribution is 7.14. The Bertz CT molecular complexity index is 569. The van der Waals surface area contributed by atoms with Crippen molar-refractivity contribution in [3.8, 4) is 0 Å². The minimum Gasteiger partial charge on any atom is -0.388 e. The van der Waals surface area contributed by atoms with Gasteiger partial charge in [-0.2, -0.15) is 0 Å². The van der Waals surface area contributed by atoms with Crippen molar-refractivity contribution in [1.29, 1.82) is 0 Å². The van der Waals surface area contributed by atoms with E-state index < -0.39 is 6.10 Å². The lowest BCUT2D eigenvalue weighted by Gasteiger charge is -2.19. The van der Waals surface area contributed by atoms with Gasteiger partial charge in [-0.05, 0) is 36.3 Å². The Morgan fingerprint density at radius 3 is 2.81 bits per heavy atom. The molecule has 4 heteroatoms. The molecular weight excluding hydrogens is 282 g/mol. The standard InChI is InChI=1S/C17H21NO2S/c1-2-3-10-18-14-6-4-13(17(20)11-14)5-7-15-8-9-16(12-19)21-15/h4-9,12,17-18,20H,2-3,10-11H2,1H3/b7-5+. The number of thiophene rings is 1. The third-order valence-corrected chi connectivity index (χ3v) is 4.34. The van der Waals surface area contributed by atoms with Gasteiger partial charge in [-0.1, -0.05) is 25.5 Å². The van der Waals surface area contributed by atoms with Gasteiger partial charge in [0.05, 0.1) is 11.0 Å². The van der Waals surface area contributed by atoms with Crippen LogP contribution in [-0.2, 0) is 0 Å². The smallest absolute Gasteiger partial charge is 0.160 e. The summed E-state index contributed by atoms with van der Waals surface area (Å²) in [5.74, 6) is 0. The Morgan fingerprint density at radius 2 is 2.14 bits per heavy atom. The van der Waals surface area contributed by atoms with Gasteiger partial charge in [-0.3, -0.25) is 4.79 Å². The van der Waals surface area contributed by atoms with E-state index in [1.54, 1.807) is 6.07 Å². The fraction of sp³-hybridized carbons (Fsp3) is 0.353. The largest absolute Gasteiger partial charge is 0.388 e. The van der Waals surface area contributed by atoms with Crippen LogP contribution in [0, 0.1) is 0 Å². The molecule has 0 saturated carbocycles. The molecule has 0 aliphatic heterocycles. The number of nitrogens with one attached hydrogen (secondary N) is 1. The monoisotopic (exact) mass is 303 g/mol. The lowest BCUT2D eigenvalue weighted by Crippen LogP contribution is -2.22. The summed E-state index contributed by atoms with van der Waals surface area (Å²) in [4.78, 5) is 12.4. The van der Waals surface area contributed by atoms with Crippen molar-refractivity contribution >= 4 is 23.7 Å². The van der Waals surface area contributed by atoms with Crippen LogP contribution in [0.1, 0.15) is 40.7 Å². The normalized spacial score (nSPS) is 18.5. The lowest BCUT2D eigenvalue weighted by molar-refractivity contribution is 0.112. The van der Waals surface area contributed by atoms with E-state index >= 15 is 0 Å². The van der Waals surface area contributed by atoms with Gasteiger partial charge < -0.3 is 10.4 Å². The molecule has 1 heterocycles. The van der Waals surface area contributed by atoms with Gasteiger partial charge in [0.1, 0.15) is 0 Å². The van der Waals surface area contributed by atoms with E-state index in [2.05, 4.69) is 12.2 Å². The zero-order valence-electron chi connectivity index (χ0n) is 12.2. The van der Waals surface area contributed by atoms with E-state index in [0.717, 1.165) is 46.7 Å². The number of unbranched alkanes of at least 4 members (excludes halogenated alkanes) is 1. The minimum absolute atomic E-state index is 0.471. The van der Waals surface area contributed by atoms with E-state index in [4.69, 9.17) is 0 Å². The molecule has 0 bridgehead atoms. The van der Waals surface area contributed by atoms with Gasteiger partial charge in [-0.15, -0.1) is 11.3 Å². The van der Waals surface area contributed by atoms with Crippen molar-refractivity contribution in [1.82, 2.24) is 5.32 Å². The van der Waals surface area contributed by atoms with Crippen LogP contribution in [-0.4, -0.2) is 24.0 Å². The van der Waals surface area contributed by atoms with Gasteiger partial charge >= 0.3 is 0 Å². The molecule has 0 aromatic carbocycles. The molecule has 1 atom stereocenters. The molecule has 1 unspecified atom stereocenters. The summed E-state index contributed by atoms with van der Waals surface area (Å²) in [6, 6.07) is 3.72. The average Bonchev–Trinajstić information content (AvgIpc) is 2.95. The topological polar surface area (TPSA) is 49.3 Å². The average molecular weight is 303 g/mol. The van der Waals surface area contributed by atoms with E-state index in [-0.39, 0.29) is 0 Å². The van der Waals surface area contributed by atoms with Gasteiger partial charge in [0.15, 0.2) is 6.29 Å². The van der Waals surface area contributed by atoms with Crippen LogP contribution in [0.5, 0.6) is 0 Å². The van der Waals surface area contributed by atoms with Crippen molar-refractivity contribution in [3.05, 3.63) is 51.4 Å². The predicted octanol–water partition coefficient (Wildman–Crippen LogP) is 3.54. The quantitative estimate of drug-likeness (QED) is 0.598. The maximum absolute atomic E-state index is 10.6. The molecule has 3 nitrogen and oxygen atoms in total. The van der Waals surface area contributed by atoms with Crippen molar-refractivity contribution in [2.75, 3.05) is 6.54 Å². The van der Waals surface area contributed by atoms with Crippen LogP contribution in [0.4, 0.5) is 0 Å². The molecule has 0 radical (unpaired) electrons. The van der Waals surface area contributed by atoms with Crippen molar-refractivity contribution in [3.63, 3.8) is 0 Å². The Labute approximate surface area is 129 Å². The number of aliphatic hydroxyl groups is 1. The first-order valence-electron chi connectivity index (χ1n) is 7.28. The number of allylic oxidation sites excluding steroid dienone is 2. The highest BCUT2D eigenvalue weighted by Crippen LogP contribution is 2.21. The van der Waals surface area contributed by atoms with Gasteiger partial charge in [-0.25, -0.2) is 0 Å². The van der Waals surface area contributed by atoms with Crippen LogP contribution < -0.4 is 5.32 Å². The Balaban J connectivity index is 1.97. The molecule has 21 heavy (non-hydrogen) atoms. The molecule has 0 saturated heterocycles. The molecule has 1 aliphatic rings. The Hall–Kier alpha value is -1.65. The van der Waals surface area contributed by atoms with Crippen LogP contribution in [0.15, 0.2) is 41.6 Å². The number of carbonyl (C=O) groups excluding carboxylic acids is 1. The van der Waals surface area contributed by atoms with Crippen molar-refractivity contribution in [2.24, 2.45) is 0 Å². The first-order valence-corrected chi connectivity index (χ1v) is 8.10. The van der Waals surface area contributed by atoms with Crippen LogP contribution in [0.2, 0.25) is 0 Å². The predicted molar refractivity (Wildman–Crippen MR) is 88.4 cm³/mol. The van der Waals surface area contributed by atoms with Crippen molar-refractivity contribution < 1.29 is 9.90 Å². The van der Waals surface area contributed by atoms with Gasteiger partial charge in [0.25, 0.3) is 0 Å². The number of aliphatic hydroxyl groups excluding tert-OH is 1. The second-order valence-corrected chi connectivity index (χ2v) is 6.20. The molecule has 2 N–H and O–H groups in total. The zero-order chi connectivity index (χ0) is 15.1. The van der Waals surface area contributed by atoms with E-state index in [1.165, 1.54) is 11.3 Å². The molecular formula is C17H21NO2S. The second kappa shape index (κ2) is 7.96. The molecule has 0 spiro atoms. The first kappa shape index (κ1) is 15.7. The summed E-state index contributed by atoms with van der Waals surface area (Å²) < 4.78 is 0. The van der Waals surface area contributed by atoms with E-state index in [0.29, 0.717) is 6.42 Å². The van der Waals surface area contributed by atoms with Crippen LogP contribution in [0.3, 0.4) is 0 Å². The number of rotatable bonds is 7. The molecule has 1 aliphatic carbocycles. The van der Waals surface area contributed by atoms with Gasteiger partial charge in [0, 0.05) is 23.5 Å². The lowest BCUT2D eigenvalue weighted by atomic mass is 9.98. The number of aldehydes is 1. The summed E-state index contributed by atoms with van der Waals surface area (Å²) in [5.41, 5.74) is 1.99. The SMILES string of the molecule is CCCCNC1=CC=C(/C=C/c2ccc(C=O)s2)C(O)C1. The molecule has 1 aromatic heterocycles. The van der Waals surface area contributed by atoms with E-state index in [9.17, 15) is 9.90 Å². The number of carbonyl (C=O) groups is 1. The summed E-state index contributed by atoms with van der Waals surface area (Å²) in [7, 11) is 0. The minimum atomic E-state index is -0.471. The zero-order valence-corrected chi connectivity index (χ0v) is 13.0.